The maximum Gasteiger partial charge on any atom is 0.307 e. The van der Waals surface area contributed by atoms with E-state index < -0.39 is 0 Å². The van der Waals surface area contributed by atoms with E-state index in [4.69, 9.17) is 14.2 Å². The van der Waals surface area contributed by atoms with Crippen LogP contribution in [-0.4, -0.2) is 11.9 Å². The van der Waals surface area contributed by atoms with E-state index in [1.807, 2.05) is 0 Å². The van der Waals surface area contributed by atoms with Gasteiger partial charge in [-0.25, -0.2) is 0 Å². The molecular weight excluding hydrogens is 248 g/mol. The molecule has 0 radical (unpaired) electrons. The van der Waals surface area contributed by atoms with Crippen molar-refractivity contribution < 1.29 is 23.8 Å². The summed E-state index contributed by atoms with van der Waals surface area (Å²) >= 11 is 0. The van der Waals surface area contributed by atoms with Crippen molar-refractivity contribution in [3.8, 4) is 0 Å². The maximum atomic E-state index is 11.0. The first-order chi connectivity index (χ1) is 9.06. The van der Waals surface area contributed by atoms with Gasteiger partial charge in [0, 0.05) is 39.5 Å². The number of rotatable bonds is 4. The second kappa shape index (κ2) is 5.91. The Morgan fingerprint density at radius 3 is 1.47 bits per heavy atom. The lowest BCUT2D eigenvalue weighted by atomic mass is 10.3. The zero-order valence-corrected chi connectivity index (χ0v) is 11.3. The third-order valence-electron chi connectivity index (χ3n) is 3.02. The molecule has 5 nitrogen and oxygen atoms in total. The minimum atomic E-state index is -0.335. The predicted molar refractivity (Wildman–Crippen MR) is 66.4 cm³/mol. The van der Waals surface area contributed by atoms with Gasteiger partial charge in [-0.15, -0.1) is 0 Å². The highest BCUT2D eigenvalue weighted by Gasteiger charge is 2.25. The fourth-order valence-corrected chi connectivity index (χ4v) is 2.30. The van der Waals surface area contributed by atoms with Gasteiger partial charge in [-0.05, 0) is 12.8 Å². The zero-order chi connectivity index (χ0) is 13.8. The van der Waals surface area contributed by atoms with Crippen LogP contribution in [0.25, 0.3) is 0 Å². The Morgan fingerprint density at radius 2 is 1.11 bits per heavy atom. The van der Waals surface area contributed by atoms with Crippen molar-refractivity contribution >= 4 is 11.9 Å². The highest BCUT2D eigenvalue weighted by molar-refractivity contribution is 5.67. The second-order valence-corrected chi connectivity index (χ2v) is 4.69. The summed E-state index contributed by atoms with van der Waals surface area (Å²) in [6, 6.07) is 0. The molecule has 5 heteroatoms. The van der Waals surface area contributed by atoms with Crippen LogP contribution in [0.3, 0.4) is 0 Å². The maximum absolute atomic E-state index is 11.0. The van der Waals surface area contributed by atoms with Crippen LogP contribution in [0.2, 0.25) is 0 Å². The number of esters is 2. The highest BCUT2D eigenvalue weighted by atomic mass is 16.6. The van der Waals surface area contributed by atoms with Crippen molar-refractivity contribution in [1.82, 2.24) is 0 Å². The van der Waals surface area contributed by atoms with Crippen molar-refractivity contribution in [1.29, 1.82) is 0 Å². The van der Waals surface area contributed by atoms with Crippen molar-refractivity contribution in [3.63, 3.8) is 0 Å². The van der Waals surface area contributed by atoms with Gasteiger partial charge in [0.2, 0.25) is 0 Å². The standard InChI is InChI=1S/C14H18O5/c1-9(15)17-11-5-3-7-13(11)19-14-8-4-6-12(14)18-10(2)16/h3-8H2,1-2H3. The molecule has 19 heavy (non-hydrogen) atoms. The van der Waals surface area contributed by atoms with E-state index >= 15 is 0 Å². The molecule has 0 fully saturated rings. The molecule has 0 aromatic carbocycles. The van der Waals surface area contributed by atoms with Crippen LogP contribution < -0.4 is 0 Å². The van der Waals surface area contributed by atoms with E-state index in [1.54, 1.807) is 0 Å². The van der Waals surface area contributed by atoms with Crippen molar-refractivity contribution in [3.05, 3.63) is 23.0 Å². The molecule has 0 bridgehead atoms. The van der Waals surface area contributed by atoms with Gasteiger partial charge in [-0.1, -0.05) is 0 Å². The van der Waals surface area contributed by atoms with Gasteiger partial charge >= 0.3 is 11.9 Å². The summed E-state index contributed by atoms with van der Waals surface area (Å²) in [5.74, 6) is 1.92. The molecule has 2 rings (SSSR count). The van der Waals surface area contributed by atoms with Gasteiger partial charge in [0.15, 0.2) is 0 Å². The molecule has 0 saturated heterocycles. The molecule has 0 aromatic heterocycles. The third-order valence-corrected chi connectivity index (χ3v) is 3.02. The largest absolute Gasteiger partial charge is 0.459 e. The molecule has 2 aliphatic rings. The molecular formula is C14H18O5. The predicted octanol–water partition coefficient (Wildman–Crippen LogP) is 2.92. The van der Waals surface area contributed by atoms with Gasteiger partial charge in [-0.2, -0.15) is 0 Å². The lowest BCUT2D eigenvalue weighted by Crippen LogP contribution is -2.03. The second-order valence-electron chi connectivity index (χ2n) is 4.69. The molecule has 2 aliphatic carbocycles. The van der Waals surface area contributed by atoms with Crippen molar-refractivity contribution in [2.75, 3.05) is 0 Å². The van der Waals surface area contributed by atoms with E-state index in [-0.39, 0.29) is 11.9 Å². The van der Waals surface area contributed by atoms with Crippen LogP contribution in [0.5, 0.6) is 0 Å². The van der Waals surface area contributed by atoms with Crippen LogP contribution in [0, 0.1) is 0 Å². The quantitative estimate of drug-likeness (QED) is 0.732. The SMILES string of the molecule is CC(=O)OC1=C(OC2=C(OC(C)=O)CCC2)CCC1. The van der Waals surface area contributed by atoms with E-state index in [1.165, 1.54) is 13.8 Å². The molecule has 0 saturated carbocycles. The average molecular weight is 266 g/mol. The number of hydrogen-bond acceptors (Lipinski definition) is 5. The van der Waals surface area contributed by atoms with Gasteiger partial charge in [-0.3, -0.25) is 9.59 Å². The summed E-state index contributed by atoms with van der Waals surface area (Å²) in [6.45, 7) is 2.75. The molecule has 0 N–H and O–H groups in total. The number of carbonyl (C=O) groups excluding carboxylic acids is 2. The van der Waals surface area contributed by atoms with Crippen LogP contribution in [-0.2, 0) is 23.8 Å². The lowest BCUT2D eigenvalue weighted by molar-refractivity contribution is -0.138. The summed E-state index contributed by atoms with van der Waals surface area (Å²) in [7, 11) is 0. The Kier molecular flexibility index (Phi) is 4.24. The normalized spacial score (nSPS) is 18.8. The van der Waals surface area contributed by atoms with E-state index in [9.17, 15) is 9.59 Å². The summed E-state index contributed by atoms with van der Waals surface area (Å²) in [4.78, 5) is 22.0. The molecule has 0 amide bonds. The van der Waals surface area contributed by atoms with Gasteiger partial charge in [0.05, 0.1) is 0 Å². The Balaban J connectivity index is 2.10. The molecule has 0 spiro atoms. The smallest absolute Gasteiger partial charge is 0.307 e. The van der Waals surface area contributed by atoms with Crippen LogP contribution in [0.1, 0.15) is 52.4 Å². The zero-order valence-electron chi connectivity index (χ0n) is 11.3. The minimum Gasteiger partial charge on any atom is -0.459 e. The average Bonchev–Trinajstić information content (AvgIpc) is 2.89. The first-order valence-corrected chi connectivity index (χ1v) is 6.55. The number of ether oxygens (including phenoxy) is 3. The lowest BCUT2D eigenvalue weighted by Gasteiger charge is -2.11. The number of allylic oxidation sites excluding steroid dienone is 4. The molecule has 0 heterocycles. The third kappa shape index (κ3) is 3.59. The molecule has 104 valence electrons. The van der Waals surface area contributed by atoms with Gasteiger partial charge in [0.1, 0.15) is 23.0 Å². The molecule has 0 aromatic rings. The Bertz CT molecular complexity index is 416. The molecule has 0 unspecified atom stereocenters. The summed E-state index contributed by atoms with van der Waals surface area (Å²) in [6.07, 6.45) is 4.75. The fraction of sp³-hybridized carbons (Fsp3) is 0.571. The van der Waals surface area contributed by atoms with Gasteiger partial charge < -0.3 is 14.2 Å². The molecule has 0 atom stereocenters. The highest BCUT2D eigenvalue weighted by Crippen LogP contribution is 2.35. The monoisotopic (exact) mass is 266 g/mol. The van der Waals surface area contributed by atoms with E-state index in [0.29, 0.717) is 35.9 Å². The number of carbonyl (C=O) groups is 2. The van der Waals surface area contributed by atoms with Crippen LogP contribution in [0.15, 0.2) is 23.0 Å². The van der Waals surface area contributed by atoms with Crippen molar-refractivity contribution in [2.24, 2.45) is 0 Å². The Labute approximate surface area is 112 Å². The summed E-state index contributed by atoms with van der Waals surface area (Å²) in [5, 5.41) is 0. The van der Waals surface area contributed by atoms with E-state index in [0.717, 1.165) is 25.7 Å². The topological polar surface area (TPSA) is 61.8 Å². The summed E-state index contributed by atoms with van der Waals surface area (Å²) in [5.41, 5.74) is 0. The Hall–Kier alpha value is -1.78. The van der Waals surface area contributed by atoms with Gasteiger partial charge in [0.25, 0.3) is 0 Å². The number of hydrogen-bond donors (Lipinski definition) is 0. The Morgan fingerprint density at radius 1 is 0.737 bits per heavy atom. The first kappa shape index (κ1) is 13.6. The molecule has 0 aliphatic heterocycles. The van der Waals surface area contributed by atoms with E-state index in [2.05, 4.69) is 0 Å². The first-order valence-electron chi connectivity index (χ1n) is 6.55. The van der Waals surface area contributed by atoms with Crippen LogP contribution in [0.4, 0.5) is 0 Å². The summed E-state index contributed by atoms with van der Waals surface area (Å²) < 4.78 is 16.1. The van der Waals surface area contributed by atoms with Crippen LogP contribution >= 0.6 is 0 Å². The minimum absolute atomic E-state index is 0.335. The van der Waals surface area contributed by atoms with Crippen molar-refractivity contribution in [2.45, 2.75) is 52.4 Å². The fourth-order valence-electron chi connectivity index (χ4n) is 2.30.